The standard InChI is InChI=1S/C19H27N3O3S2/c1-3-10-25-18-7-6-17(12-15(18)2)27(23,24)21-13-16-5-4-9-22(14-16)19-20-8-11-26-19/h6-8,11-12,16,21H,3-5,9-10,13-14H2,1-2H3. The van der Waals surface area contributed by atoms with Crippen molar-refractivity contribution in [1.82, 2.24) is 9.71 Å². The van der Waals surface area contributed by atoms with E-state index < -0.39 is 10.0 Å². The van der Waals surface area contributed by atoms with Crippen LogP contribution in [-0.2, 0) is 10.0 Å². The first-order valence-electron chi connectivity index (χ1n) is 9.37. The Kier molecular flexibility index (Phi) is 6.73. The van der Waals surface area contributed by atoms with Gasteiger partial charge in [-0.2, -0.15) is 0 Å². The SMILES string of the molecule is CCCOc1ccc(S(=O)(=O)NCC2CCCN(c3nccs3)C2)cc1C. The van der Waals surface area contributed by atoms with Crippen LogP contribution < -0.4 is 14.4 Å². The van der Waals surface area contributed by atoms with Gasteiger partial charge in [-0.3, -0.25) is 0 Å². The quantitative estimate of drug-likeness (QED) is 0.723. The Bertz CT molecular complexity index is 838. The number of aryl methyl sites for hydroxylation is 1. The highest BCUT2D eigenvalue weighted by Gasteiger charge is 2.24. The molecule has 148 valence electrons. The molecule has 1 saturated heterocycles. The van der Waals surface area contributed by atoms with Gasteiger partial charge in [0.25, 0.3) is 0 Å². The summed E-state index contributed by atoms with van der Waals surface area (Å²) in [5.74, 6) is 1.02. The largest absolute Gasteiger partial charge is 0.493 e. The van der Waals surface area contributed by atoms with Gasteiger partial charge in [0.1, 0.15) is 5.75 Å². The molecule has 1 fully saturated rings. The second kappa shape index (κ2) is 9.03. The number of thiazole rings is 1. The predicted octanol–water partition coefficient (Wildman–Crippen LogP) is 3.44. The van der Waals surface area contributed by atoms with Crippen LogP contribution in [0.5, 0.6) is 5.75 Å². The van der Waals surface area contributed by atoms with E-state index in [0.717, 1.165) is 48.8 Å². The minimum absolute atomic E-state index is 0.283. The highest BCUT2D eigenvalue weighted by Crippen LogP contribution is 2.25. The Labute approximate surface area is 165 Å². The van der Waals surface area contributed by atoms with Crippen molar-refractivity contribution in [2.75, 3.05) is 31.1 Å². The summed E-state index contributed by atoms with van der Waals surface area (Å²) in [6.07, 6.45) is 4.80. The number of aromatic nitrogens is 1. The molecule has 2 heterocycles. The minimum atomic E-state index is -3.53. The number of nitrogens with zero attached hydrogens (tertiary/aromatic N) is 2. The van der Waals surface area contributed by atoms with Crippen molar-refractivity contribution in [2.24, 2.45) is 5.92 Å². The monoisotopic (exact) mass is 409 g/mol. The van der Waals surface area contributed by atoms with Crippen LogP contribution in [0.2, 0.25) is 0 Å². The molecule has 8 heteroatoms. The molecule has 2 aromatic rings. The first kappa shape index (κ1) is 20.1. The van der Waals surface area contributed by atoms with Gasteiger partial charge in [-0.05, 0) is 55.9 Å². The zero-order valence-electron chi connectivity index (χ0n) is 15.8. The normalized spacial score (nSPS) is 17.9. The maximum absolute atomic E-state index is 12.7. The summed E-state index contributed by atoms with van der Waals surface area (Å²) in [6.45, 7) is 6.80. The van der Waals surface area contributed by atoms with Crippen LogP contribution in [0, 0.1) is 12.8 Å². The number of hydrogen-bond acceptors (Lipinski definition) is 6. The number of ether oxygens (including phenoxy) is 1. The molecule has 0 bridgehead atoms. The third kappa shape index (κ3) is 5.21. The molecule has 1 unspecified atom stereocenters. The molecule has 1 aromatic heterocycles. The Morgan fingerprint density at radius 3 is 2.96 bits per heavy atom. The van der Waals surface area contributed by atoms with Crippen LogP contribution in [0.25, 0.3) is 0 Å². The molecule has 3 rings (SSSR count). The fraction of sp³-hybridized carbons (Fsp3) is 0.526. The molecule has 0 radical (unpaired) electrons. The van der Waals surface area contributed by atoms with E-state index in [2.05, 4.69) is 14.6 Å². The molecule has 0 spiro atoms. The molecular weight excluding hydrogens is 382 g/mol. The van der Waals surface area contributed by atoms with Gasteiger partial charge in [0.15, 0.2) is 5.13 Å². The van der Waals surface area contributed by atoms with Gasteiger partial charge in [0, 0.05) is 31.2 Å². The van der Waals surface area contributed by atoms with Crippen molar-refractivity contribution < 1.29 is 13.2 Å². The Morgan fingerprint density at radius 1 is 1.41 bits per heavy atom. The molecule has 1 aliphatic rings. The lowest BCUT2D eigenvalue weighted by molar-refractivity contribution is 0.315. The first-order chi connectivity index (χ1) is 13.0. The van der Waals surface area contributed by atoms with E-state index in [1.807, 2.05) is 25.4 Å². The lowest BCUT2D eigenvalue weighted by atomic mass is 9.99. The number of sulfonamides is 1. The van der Waals surface area contributed by atoms with Crippen molar-refractivity contribution >= 4 is 26.5 Å². The fourth-order valence-electron chi connectivity index (χ4n) is 3.25. The molecule has 1 N–H and O–H groups in total. The highest BCUT2D eigenvalue weighted by atomic mass is 32.2. The van der Waals surface area contributed by atoms with Crippen molar-refractivity contribution in [3.63, 3.8) is 0 Å². The number of hydrogen-bond donors (Lipinski definition) is 1. The smallest absolute Gasteiger partial charge is 0.240 e. The van der Waals surface area contributed by atoms with Crippen LogP contribution in [0.15, 0.2) is 34.7 Å². The Hall–Kier alpha value is -1.64. The Morgan fingerprint density at radius 2 is 2.26 bits per heavy atom. The topological polar surface area (TPSA) is 71.5 Å². The summed E-state index contributed by atoms with van der Waals surface area (Å²) < 4.78 is 33.8. The van der Waals surface area contributed by atoms with E-state index in [1.54, 1.807) is 29.5 Å². The van der Waals surface area contributed by atoms with Crippen LogP contribution >= 0.6 is 11.3 Å². The van der Waals surface area contributed by atoms with Gasteiger partial charge in [-0.15, -0.1) is 11.3 Å². The lowest BCUT2D eigenvalue weighted by Crippen LogP contribution is -2.41. The predicted molar refractivity (Wildman–Crippen MR) is 109 cm³/mol. The average molecular weight is 410 g/mol. The minimum Gasteiger partial charge on any atom is -0.493 e. The zero-order valence-corrected chi connectivity index (χ0v) is 17.5. The highest BCUT2D eigenvalue weighted by molar-refractivity contribution is 7.89. The molecule has 6 nitrogen and oxygen atoms in total. The van der Waals surface area contributed by atoms with Gasteiger partial charge in [-0.25, -0.2) is 18.1 Å². The average Bonchev–Trinajstić information content (AvgIpc) is 3.20. The number of nitrogens with one attached hydrogen (secondary N) is 1. The molecule has 0 saturated carbocycles. The van der Waals surface area contributed by atoms with Crippen LogP contribution in [-0.4, -0.2) is 39.6 Å². The fourth-order valence-corrected chi connectivity index (χ4v) is 5.13. The maximum Gasteiger partial charge on any atom is 0.240 e. The summed E-state index contributed by atoms with van der Waals surface area (Å²) in [4.78, 5) is 6.90. The lowest BCUT2D eigenvalue weighted by Gasteiger charge is -2.32. The zero-order chi connectivity index (χ0) is 19.3. The summed E-state index contributed by atoms with van der Waals surface area (Å²) >= 11 is 1.62. The Balaban J connectivity index is 1.60. The number of piperidine rings is 1. The molecule has 0 aliphatic carbocycles. The van der Waals surface area contributed by atoms with E-state index in [9.17, 15) is 8.42 Å². The second-order valence-corrected chi connectivity index (χ2v) is 9.54. The molecular formula is C19H27N3O3S2. The van der Waals surface area contributed by atoms with Gasteiger partial charge in [0.05, 0.1) is 11.5 Å². The van der Waals surface area contributed by atoms with Crippen LogP contribution in [0.1, 0.15) is 31.7 Å². The van der Waals surface area contributed by atoms with E-state index in [0.29, 0.717) is 13.2 Å². The van der Waals surface area contributed by atoms with Crippen molar-refractivity contribution in [1.29, 1.82) is 0 Å². The summed E-state index contributed by atoms with van der Waals surface area (Å²) in [5, 5.41) is 2.98. The number of anilines is 1. The molecule has 0 amide bonds. The number of rotatable bonds is 8. The van der Waals surface area contributed by atoms with Gasteiger partial charge >= 0.3 is 0 Å². The van der Waals surface area contributed by atoms with E-state index >= 15 is 0 Å². The molecule has 27 heavy (non-hydrogen) atoms. The van der Waals surface area contributed by atoms with Gasteiger partial charge in [-0.1, -0.05) is 6.92 Å². The van der Waals surface area contributed by atoms with Crippen molar-refractivity contribution in [3.05, 3.63) is 35.3 Å². The van der Waals surface area contributed by atoms with Crippen molar-refractivity contribution in [2.45, 2.75) is 38.0 Å². The second-order valence-electron chi connectivity index (χ2n) is 6.90. The van der Waals surface area contributed by atoms with E-state index in [1.165, 1.54) is 0 Å². The first-order valence-corrected chi connectivity index (χ1v) is 11.7. The van der Waals surface area contributed by atoms with E-state index in [4.69, 9.17) is 4.74 Å². The molecule has 1 atom stereocenters. The van der Waals surface area contributed by atoms with Gasteiger partial charge < -0.3 is 9.64 Å². The van der Waals surface area contributed by atoms with Crippen LogP contribution in [0.3, 0.4) is 0 Å². The van der Waals surface area contributed by atoms with Crippen molar-refractivity contribution in [3.8, 4) is 5.75 Å². The maximum atomic E-state index is 12.7. The van der Waals surface area contributed by atoms with Crippen LogP contribution in [0.4, 0.5) is 5.13 Å². The third-order valence-corrected chi connectivity index (χ3v) is 6.94. The summed E-state index contributed by atoms with van der Waals surface area (Å²) in [5.41, 5.74) is 0.832. The van der Waals surface area contributed by atoms with E-state index in [-0.39, 0.29) is 10.8 Å². The van der Waals surface area contributed by atoms with Gasteiger partial charge in [0.2, 0.25) is 10.0 Å². The third-order valence-electron chi connectivity index (χ3n) is 4.69. The molecule has 1 aliphatic heterocycles. The summed E-state index contributed by atoms with van der Waals surface area (Å²) in [7, 11) is -3.53. The summed E-state index contributed by atoms with van der Waals surface area (Å²) in [6, 6.07) is 5.03. The molecule has 1 aromatic carbocycles. The number of benzene rings is 1.